The van der Waals surface area contributed by atoms with Crippen LogP contribution in [0.4, 0.5) is 0 Å². The Morgan fingerprint density at radius 3 is 2.32 bits per heavy atom. The van der Waals surface area contributed by atoms with Crippen LogP contribution in [0.3, 0.4) is 0 Å². The summed E-state index contributed by atoms with van der Waals surface area (Å²) in [6, 6.07) is 0. The predicted molar refractivity (Wildman–Crippen MR) is 90.1 cm³/mol. The second-order valence-electron chi connectivity index (χ2n) is 4.83. The summed E-state index contributed by atoms with van der Waals surface area (Å²) in [5.41, 5.74) is 0. The minimum absolute atomic E-state index is 0. The Kier molecular flexibility index (Phi) is 13.7. The molecule has 0 saturated heterocycles. The van der Waals surface area contributed by atoms with Crippen molar-refractivity contribution < 1.29 is 9.53 Å². The molecule has 0 amide bonds. The highest BCUT2D eigenvalue weighted by atomic mass is 127. The van der Waals surface area contributed by atoms with E-state index < -0.39 is 0 Å². The molecule has 0 heterocycles. The van der Waals surface area contributed by atoms with Crippen LogP contribution in [0.15, 0.2) is 4.99 Å². The van der Waals surface area contributed by atoms with Gasteiger partial charge >= 0.3 is 5.97 Å². The molecule has 0 fully saturated rings. The molecule has 0 aromatic carbocycles. The van der Waals surface area contributed by atoms with Gasteiger partial charge in [-0.2, -0.15) is 0 Å². The number of esters is 1. The summed E-state index contributed by atoms with van der Waals surface area (Å²) in [7, 11) is 0. The van der Waals surface area contributed by atoms with E-state index in [1.165, 1.54) is 0 Å². The van der Waals surface area contributed by atoms with Gasteiger partial charge in [-0.05, 0) is 26.7 Å². The second kappa shape index (κ2) is 12.5. The Morgan fingerprint density at radius 2 is 1.84 bits per heavy atom. The molecule has 19 heavy (non-hydrogen) atoms. The maximum atomic E-state index is 11.3. The van der Waals surface area contributed by atoms with Crippen molar-refractivity contribution in [3.63, 3.8) is 0 Å². The van der Waals surface area contributed by atoms with Crippen LogP contribution in [0, 0.1) is 5.92 Å². The van der Waals surface area contributed by atoms with Crippen molar-refractivity contribution >= 4 is 35.9 Å². The van der Waals surface area contributed by atoms with Gasteiger partial charge in [-0.25, -0.2) is 0 Å². The van der Waals surface area contributed by atoms with Gasteiger partial charge in [-0.3, -0.25) is 9.79 Å². The average molecular weight is 385 g/mol. The molecule has 0 bridgehead atoms. The molecule has 0 aliphatic rings. The first kappa shape index (κ1) is 20.8. The number of nitrogens with one attached hydrogen (secondary N) is 2. The first-order chi connectivity index (χ1) is 8.45. The first-order valence-electron chi connectivity index (χ1n) is 6.67. The van der Waals surface area contributed by atoms with Crippen LogP contribution in [-0.2, 0) is 9.53 Å². The molecule has 0 spiro atoms. The van der Waals surface area contributed by atoms with Gasteiger partial charge in [0.2, 0.25) is 0 Å². The quantitative estimate of drug-likeness (QED) is 0.305. The third-order valence-electron chi connectivity index (χ3n) is 1.95. The lowest BCUT2D eigenvalue weighted by atomic mass is 10.2. The molecular weight excluding hydrogens is 357 g/mol. The van der Waals surface area contributed by atoms with Gasteiger partial charge < -0.3 is 15.4 Å². The molecule has 2 N–H and O–H groups in total. The molecule has 0 atom stereocenters. The van der Waals surface area contributed by atoms with Crippen molar-refractivity contribution in [3.05, 3.63) is 0 Å². The zero-order valence-electron chi connectivity index (χ0n) is 12.7. The van der Waals surface area contributed by atoms with Crippen LogP contribution in [0.5, 0.6) is 0 Å². The summed E-state index contributed by atoms with van der Waals surface area (Å²) in [5, 5.41) is 6.26. The zero-order chi connectivity index (χ0) is 14.0. The molecule has 0 aliphatic carbocycles. The number of aliphatic imine (C=N–C) groups is 1. The Hall–Kier alpha value is -0.530. The highest BCUT2D eigenvalue weighted by molar-refractivity contribution is 14.0. The molecule has 0 aliphatic heterocycles. The van der Waals surface area contributed by atoms with E-state index in [1.54, 1.807) is 0 Å². The van der Waals surface area contributed by atoms with Crippen LogP contribution in [-0.4, -0.2) is 37.7 Å². The van der Waals surface area contributed by atoms with Gasteiger partial charge in [0.25, 0.3) is 0 Å². The number of nitrogens with zero attached hydrogens (tertiary/aromatic N) is 1. The van der Waals surface area contributed by atoms with Crippen LogP contribution in [0.2, 0.25) is 0 Å². The van der Waals surface area contributed by atoms with Crippen LogP contribution in [0.25, 0.3) is 0 Å². The van der Waals surface area contributed by atoms with E-state index in [9.17, 15) is 4.79 Å². The molecule has 0 rings (SSSR count). The molecular formula is C13H28IN3O2. The molecule has 5 nitrogen and oxygen atoms in total. The fourth-order valence-electron chi connectivity index (χ4n) is 1.22. The number of ether oxygens (including phenoxy) is 1. The number of halogens is 1. The van der Waals surface area contributed by atoms with Crippen molar-refractivity contribution in [2.75, 3.05) is 19.6 Å². The van der Waals surface area contributed by atoms with Crippen LogP contribution < -0.4 is 10.6 Å². The number of carbonyl (C=O) groups is 1. The van der Waals surface area contributed by atoms with Crippen molar-refractivity contribution in [3.8, 4) is 0 Å². The van der Waals surface area contributed by atoms with Crippen molar-refractivity contribution in [1.82, 2.24) is 10.6 Å². The minimum atomic E-state index is -0.183. The lowest BCUT2D eigenvalue weighted by Crippen LogP contribution is -2.38. The van der Waals surface area contributed by atoms with Crippen molar-refractivity contribution in [2.45, 2.75) is 47.1 Å². The topological polar surface area (TPSA) is 62.7 Å². The third kappa shape index (κ3) is 13.7. The summed E-state index contributed by atoms with van der Waals surface area (Å²) < 4.78 is 5.05. The summed E-state index contributed by atoms with van der Waals surface area (Å²) >= 11 is 0. The first-order valence-corrected chi connectivity index (χ1v) is 6.67. The van der Waals surface area contributed by atoms with E-state index in [2.05, 4.69) is 29.5 Å². The van der Waals surface area contributed by atoms with Crippen molar-refractivity contribution in [2.24, 2.45) is 10.9 Å². The zero-order valence-corrected chi connectivity index (χ0v) is 15.0. The number of hydrogen-bond acceptors (Lipinski definition) is 3. The van der Waals surface area contributed by atoms with Gasteiger partial charge in [0.05, 0.1) is 12.5 Å². The fourth-order valence-corrected chi connectivity index (χ4v) is 1.22. The lowest BCUT2D eigenvalue weighted by molar-refractivity contribution is -0.147. The molecule has 114 valence electrons. The Balaban J connectivity index is 0. The average Bonchev–Trinajstić information content (AvgIpc) is 2.24. The van der Waals surface area contributed by atoms with E-state index >= 15 is 0 Å². The minimum Gasteiger partial charge on any atom is -0.463 e. The standard InChI is InChI=1S/C13H27N3O2.HI/c1-6-14-13(16-9-10(2)3)15-8-7-12(17)18-11(4)5;/h10-11H,6-9H2,1-5H3,(H2,14,15,16);1H. The van der Waals surface area contributed by atoms with Gasteiger partial charge in [-0.15, -0.1) is 24.0 Å². The SMILES string of the molecule is CCNC(=NCC(C)C)NCCC(=O)OC(C)C.I. The van der Waals surface area contributed by atoms with Crippen LogP contribution >= 0.6 is 24.0 Å². The maximum absolute atomic E-state index is 11.3. The van der Waals surface area contributed by atoms with Gasteiger partial charge in [-0.1, -0.05) is 13.8 Å². The van der Waals surface area contributed by atoms with E-state index in [4.69, 9.17) is 4.74 Å². The maximum Gasteiger partial charge on any atom is 0.307 e. The summed E-state index contributed by atoms with van der Waals surface area (Å²) in [4.78, 5) is 15.7. The number of hydrogen-bond donors (Lipinski definition) is 2. The van der Waals surface area contributed by atoms with Gasteiger partial charge in [0.1, 0.15) is 0 Å². The Bertz CT molecular complexity index is 269. The third-order valence-corrected chi connectivity index (χ3v) is 1.95. The fraction of sp³-hybridized carbons (Fsp3) is 0.846. The smallest absolute Gasteiger partial charge is 0.307 e. The summed E-state index contributed by atoms with van der Waals surface area (Å²) in [6.45, 7) is 12.1. The van der Waals surface area contributed by atoms with Gasteiger partial charge in [0, 0.05) is 19.6 Å². The monoisotopic (exact) mass is 385 g/mol. The summed E-state index contributed by atoms with van der Waals surface area (Å²) in [6.07, 6.45) is 0.296. The second-order valence-corrected chi connectivity index (χ2v) is 4.83. The molecule has 0 aromatic heterocycles. The highest BCUT2D eigenvalue weighted by Crippen LogP contribution is 1.93. The van der Waals surface area contributed by atoms with E-state index in [1.807, 2.05) is 20.8 Å². The number of carbonyl (C=O) groups excluding carboxylic acids is 1. The molecule has 0 aromatic rings. The largest absolute Gasteiger partial charge is 0.463 e. The van der Waals surface area contributed by atoms with Gasteiger partial charge in [0.15, 0.2) is 5.96 Å². The van der Waals surface area contributed by atoms with Crippen molar-refractivity contribution in [1.29, 1.82) is 0 Å². The molecule has 6 heteroatoms. The number of rotatable bonds is 7. The van der Waals surface area contributed by atoms with E-state index in [0.717, 1.165) is 19.0 Å². The number of guanidine groups is 1. The Morgan fingerprint density at radius 1 is 1.21 bits per heavy atom. The Labute approximate surface area is 134 Å². The lowest BCUT2D eigenvalue weighted by Gasteiger charge is -2.12. The molecule has 0 radical (unpaired) electrons. The van der Waals surface area contributed by atoms with Crippen LogP contribution in [0.1, 0.15) is 41.0 Å². The molecule has 0 unspecified atom stereocenters. The van der Waals surface area contributed by atoms with E-state index in [-0.39, 0.29) is 36.0 Å². The predicted octanol–water partition coefficient (Wildman–Crippen LogP) is 2.16. The molecule has 0 saturated carbocycles. The highest BCUT2D eigenvalue weighted by Gasteiger charge is 2.05. The normalized spacial score (nSPS) is 11.2. The summed E-state index contributed by atoms with van der Waals surface area (Å²) in [5.74, 6) is 1.09. The van der Waals surface area contributed by atoms with E-state index in [0.29, 0.717) is 18.9 Å².